The quantitative estimate of drug-likeness (QED) is 0.468. The Morgan fingerprint density at radius 3 is 2.53 bits per heavy atom. The predicted octanol–water partition coefficient (Wildman–Crippen LogP) is -0.743. The van der Waals surface area contributed by atoms with E-state index in [-0.39, 0.29) is 12.5 Å². The highest BCUT2D eigenvalue weighted by atomic mass is 16.5. The Morgan fingerprint density at radius 2 is 1.88 bits per heavy atom. The molecule has 0 spiro atoms. The molecule has 2 N–H and O–H groups in total. The van der Waals surface area contributed by atoms with Crippen molar-refractivity contribution < 1.29 is 28.9 Å². The Balaban J connectivity index is 3.19. The number of hydrogen-bond donors (Lipinski definition) is 2. The summed E-state index contributed by atoms with van der Waals surface area (Å²) in [5.41, 5.74) is 0. The van der Waals surface area contributed by atoms with Gasteiger partial charge in [-0.1, -0.05) is 0 Å². The van der Waals surface area contributed by atoms with Crippen molar-refractivity contribution in [3.8, 4) is 0 Å². The lowest BCUT2D eigenvalue weighted by molar-refractivity contribution is -0.143. The van der Waals surface area contributed by atoms with E-state index in [9.17, 15) is 9.59 Å². The molecular formula is C10H19NO6. The number of methoxy groups -OCH3 is 1. The molecule has 100 valence electrons. The molecule has 0 aliphatic rings. The number of carbonyl (C=O) groups is 2. The molecule has 0 aliphatic heterocycles. The molecule has 0 bridgehead atoms. The predicted molar refractivity (Wildman–Crippen MR) is 58.8 cm³/mol. The fourth-order valence-electron chi connectivity index (χ4n) is 0.928. The van der Waals surface area contributed by atoms with E-state index in [1.807, 2.05) is 0 Å². The van der Waals surface area contributed by atoms with Gasteiger partial charge in [0.1, 0.15) is 13.2 Å². The van der Waals surface area contributed by atoms with Crippen LogP contribution in [0.2, 0.25) is 0 Å². The first-order chi connectivity index (χ1) is 8.16. The van der Waals surface area contributed by atoms with E-state index in [1.54, 1.807) is 7.11 Å². The van der Waals surface area contributed by atoms with E-state index < -0.39 is 12.6 Å². The van der Waals surface area contributed by atoms with Crippen LogP contribution in [-0.4, -0.2) is 63.7 Å². The molecule has 1 amide bonds. The smallest absolute Gasteiger partial charge is 0.329 e. The Bertz CT molecular complexity index is 221. The lowest BCUT2D eigenvalue weighted by atomic mass is 10.4. The summed E-state index contributed by atoms with van der Waals surface area (Å²) in [6.07, 6.45) is 0.689. The van der Waals surface area contributed by atoms with Gasteiger partial charge in [0, 0.05) is 20.3 Å². The zero-order valence-electron chi connectivity index (χ0n) is 9.94. The molecular weight excluding hydrogens is 230 g/mol. The summed E-state index contributed by atoms with van der Waals surface area (Å²) in [6.45, 7) is 1.40. The molecule has 0 radical (unpaired) electrons. The van der Waals surface area contributed by atoms with Gasteiger partial charge in [0.05, 0.1) is 13.2 Å². The largest absolute Gasteiger partial charge is 0.480 e. The van der Waals surface area contributed by atoms with Gasteiger partial charge in [-0.2, -0.15) is 0 Å². The molecule has 0 saturated heterocycles. The molecule has 7 heteroatoms. The third-order valence-corrected chi connectivity index (χ3v) is 1.68. The molecule has 0 saturated carbocycles. The molecule has 0 atom stereocenters. The van der Waals surface area contributed by atoms with Gasteiger partial charge in [-0.05, 0) is 6.42 Å². The fourth-order valence-corrected chi connectivity index (χ4v) is 0.928. The number of carboxylic acids is 1. The normalized spacial score (nSPS) is 10.2. The first kappa shape index (κ1) is 15.8. The zero-order valence-corrected chi connectivity index (χ0v) is 9.94. The Kier molecular flexibility index (Phi) is 10.5. The van der Waals surface area contributed by atoms with E-state index in [0.29, 0.717) is 32.8 Å². The van der Waals surface area contributed by atoms with Crippen molar-refractivity contribution in [1.82, 2.24) is 5.32 Å². The van der Waals surface area contributed by atoms with Crippen LogP contribution >= 0.6 is 0 Å². The second-order valence-electron chi connectivity index (χ2n) is 3.20. The molecule has 0 fully saturated rings. The molecule has 7 nitrogen and oxygen atoms in total. The summed E-state index contributed by atoms with van der Waals surface area (Å²) in [4.78, 5) is 21.2. The van der Waals surface area contributed by atoms with Crippen LogP contribution in [0.3, 0.4) is 0 Å². The highest BCUT2D eigenvalue weighted by molar-refractivity contribution is 5.77. The molecule has 0 aromatic heterocycles. The second-order valence-corrected chi connectivity index (χ2v) is 3.20. The lowest BCUT2D eigenvalue weighted by Gasteiger charge is -2.06. The van der Waals surface area contributed by atoms with Crippen molar-refractivity contribution in [2.75, 3.05) is 46.7 Å². The number of carboxylic acid groups (broad SMARTS) is 1. The van der Waals surface area contributed by atoms with Crippen molar-refractivity contribution in [3.63, 3.8) is 0 Å². The maximum absolute atomic E-state index is 11.1. The van der Waals surface area contributed by atoms with Gasteiger partial charge >= 0.3 is 5.97 Å². The standard InChI is InChI=1S/C10H19NO6/c1-15-5-6-16-4-2-3-11-9(12)7-17-8-10(13)14/h2-8H2,1H3,(H,11,12)(H,13,14). The number of rotatable bonds is 11. The lowest BCUT2D eigenvalue weighted by Crippen LogP contribution is -2.30. The molecule has 0 aromatic carbocycles. The number of hydrogen-bond acceptors (Lipinski definition) is 5. The number of ether oxygens (including phenoxy) is 3. The molecule has 0 heterocycles. The summed E-state index contributed by atoms with van der Waals surface area (Å²) in [6, 6.07) is 0. The van der Waals surface area contributed by atoms with Crippen molar-refractivity contribution >= 4 is 11.9 Å². The number of amides is 1. The van der Waals surface area contributed by atoms with Crippen LogP contribution in [-0.2, 0) is 23.8 Å². The fraction of sp³-hybridized carbons (Fsp3) is 0.800. The van der Waals surface area contributed by atoms with E-state index in [1.165, 1.54) is 0 Å². The SMILES string of the molecule is COCCOCCCNC(=O)COCC(=O)O. The van der Waals surface area contributed by atoms with E-state index in [0.717, 1.165) is 0 Å². The monoisotopic (exact) mass is 249 g/mol. The molecule has 0 unspecified atom stereocenters. The Morgan fingerprint density at radius 1 is 1.12 bits per heavy atom. The van der Waals surface area contributed by atoms with Gasteiger partial charge in [-0.25, -0.2) is 4.79 Å². The van der Waals surface area contributed by atoms with Gasteiger partial charge in [-0.3, -0.25) is 4.79 Å². The first-order valence-corrected chi connectivity index (χ1v) is 5.29. The van der Waals surface area contributed by atoms with Crippen LogP contribution < -0.4 is 5.32 Å². The van der Waals surface area contributed by atoms with Gasteiger partial charge in [0.25, 0.3) is 0 Å². The van der Waals surface area contributed by atoms with Gasteiger partial charge in [0.2, 0.25) is 5.91 Å². The maximum atomic E-state index is 11.1. The highest BCUT2D eigenvalue weighted by Gasteiger charge is 2.02. The maximum Gasteiger partial charge on any atom is 0.329 e. The number of carbonyl (C=O) groups excluding carboxylic acids is 1. The summed E-state index contributed by atoms with van der Waals surface area (Å²) in [7, 11) is 1.60. The Hall–Kier alpha value is -1.18. The Labute approximate surface area is 100 Å². The van der Waals surface area contributed by atoms with Crippen LogP contribution in [0.5, 0.6) is 0 Å². The van der Waals surface area contributed by atoms with Crippen LogP contribution in [0, 0.1) is 0 Å². The van der Waals surface area contributed by atoms with E-state index >= 15 is 0 Å². The summed E-state index contributed by atoms with van der Waals surface area (Å²) in [5, 5.41) is 10.8. The molecule has 0 rings (SSSR count). The summed E-state index contributed by atoms with van der Waals surface area (Å²) in [5.74, 6) is -1.42. The van der Waals surface area contributed by atoms with Crippen LogP contribution in [0.1, 0.15) is 6.42 Å². The highest BCUT2D eigenvalue weighted by Crippen LogP contribution is 1.82. The number of aliphatic carboxylic acids is 1. The van der Waals surface area contributed by atoms with Crippen molar-refractivity contribution in [2.24, 2.45) is 0 Å². The molecule has 0 aromatic rings. The second kappa shape index (κ2) is 11.3. The van der Waals surface area contributed by atoms with Crippen LogP contribution in [0.4, 0.5) is 0 Å². The average molecular weight is 249 g/mol. The van der Waals surface area contributed by atoms with Crippen LogP contribution in [0.25, 0.3) is 0 Å². The summed E-state index contributed by atoms with van der Waals surface area (Å²) < 4.78 is 14.6. The van der Waals surface area contributed by atoms with Crippen molar-refractivity contribution in [3.05, 3.63) is 0 Å². The molecule has 0 aliphatic carbocycles. The summed E-state index contributed by atoms with van der Waals surface area (Å²) >= 11 is 0. The first-order valence-electron chi connectivity index (χ1n) is 5.29. The van der Waals surface area contributed by atoms with Crippen molar-refractivity contribution in [1.29, 1.82) is 0 Å². The average Bonchev–Trinajstić information content (AvgIpc) is 2.27. The minimum atomic E-state index is -1.09. The van der Waals surface area contributed by atoms with E-state index in [2.05, 4.69) is 10.1 Å². The minimum Gasteiger partial charge on any atom is -0.480 e. The van der Waals surface area contributed by atoms with Gasteiger partial charge in [0.15, 0.2) is 0 Å². The minimum absolute atomic E-state index is 0.239. The molecule has 17 heavy (non-hydrogen) atoms. The third-order valence-electron chi connectivity index (χ3n) is 1.68. The topological polar surface area (TPSA) is 94.1 Å². The number of nitrogens with one attached hydrogen (secondary N) is 1. The van der Waals surface area contributed by atoms with E-state index in [4.69, 9.17) is 14.6 Å². The van der Waals surface area contributed by atoms with Crippen LogP contribution in [0.15, 0.2) is 0 Å². The third kappa shape index (κ3) is 12.8. The zero-order chi connectivity index (χ0) is 12.9. The van der Waals surface area contributed by atoms with Crippen molar-refractivity contribution in [2.45, 2.75) is 6.42 Å². The van der Waals surface area contributed by atoms with Gasteiger partial charge < -0.3 is 24.6 Å². The van der Waals surface area contributed by atoms with Gasteiger partial charge in [-0.15, -0.1) is 0 Å².